The lowest BCUT2D eigenvalue weighted by Gasteiger charge is -2.21. The summed E-state index contributed by atoms with van der Waals surface area (Å²) in [4.78, 5) is 22.9. The zero-order valence-electron chi connectivity index (χ0n) is 17.6. The van der Waals surface area contributed by atoms with Crippen LogP contribution in [0.15, 0.2) is 48.5 Å². The Bertz CT molecular complexity index is 981. The van der Waals surface area contributed by atoms with Gasteiger partial charge in [0.25, 0.3) is 0 Å². The fourth-order valence-electron chi connectivity index (χ4n) is 2.59. The van der Waals surface area contributed by atoms with Crippen molar-refractivity contribution in [1.29, 1.82) is 0 Å². The van der Waals surface area contributed by atoms with Gasteiger partial charge in [-0.3, -0.25) is 14.5 Å². The van der Waals surface area contributed by atoms with Gasteiger partial charge in [0, 0.05) is 0 Å². The lowest BCUT2D eigenvalue weighted by Crippen LogP contribution is -2.27. The van der Waals surface area contributed by atoms with Crippen LogP contribution in [0, 0.1) is 0 Å². The molecule has 0 heterocycles. The van der Waals surface area contributed by atoms with E-state index in [-0.39, 0.29) is 11.1 Å². The summed E-state index contributed by atoms with van der Waals surface area (Å²) >= 11 is 0. The predicted octanol–water partition coefficient (Wildman–Crippen LogP) is 3.94. The minimum Gasteiger partial charge on any atom is -0.480 e. The number of carboxylic acid groups (broad SMARTS) is 2. The third kappa shape index (κ3) is 9.95. The van der Waals surface area contributed by atoms with E-state index in [1.54, 1.807) is 0 Å². The second-order valence-corrected chi connectivity index (χ2v) is 6.76. The molecule has 0 aliphatic carbocycles. The number of halogens is 6. The lowest BCUT2D eigenvalue weighted by atomic mass is 10.1. The third-order valence-electron chi connectivity index (χ3n) is 3.87. The summed E-state index contributed by atoms with van der Waals surface area (Å²) in [7, 11) is 3.05. The number of likely N-dealkylation sites (N-methyl/N-ethyl adjacent to an activating group) is 1. The second-order valence-electron chi connectivity index (χ2n) is 6.76. The molecular formula is C20H20F6N2O6. The van der Waals surface area contributed by atoms with Crippen LogP contribution in [0.5, 0.6) is 11.5 Å². The van der Waals surface area contributed by atoms with E-state index in [1.807, 2.05) is 0 Å². The Morgan fingerprint density at radius 1 is 0.824 bits per heavy atom. The highest BCUT2D eigenvalue weighted by atomic mass is 19.4. The Morgan fingerprint density at radius 3 is 1.59 bits per heavy atom. The SMILES string of the molecule is CN(C)[C@H](C(=O)O)c1cccc(OC(F)(F)F)c1.N[C@H](C(=O)O)c1cccc(OC(F)(F)F)c1. The van der Waals surface area contributed by atoms with Gasteiger partial charge in [0.05, 0.1) is 0 Å². The maximum Gasteiger partial charge on any atom is 0.573 e. The van der Waals surface area contributed by atoms with Gasteiger partial charge in [-0.15, -0.1) is 26.3 Å². The van der Waals surface area contributed by atoms with Crippen LogP contribution in [0.4, 0.5) is 26.3 Å². The minimum atomic E-state index is -4.81. The predicted molar refractivity (Wildman–Crippen MR) is 105 cm³/mol. The number of nitrogens with two attached hydrogens (primary N) is 1. The molecule has 2 rings (SSSR count). The van der Waals surface area contributed by atoms with E-state index >= 15 is 0 Å². The van der Waals surface area contributed by atoms with E-state index in [9.17, 15) is 35.9 Å². The van der Waals surface area contributed by atoms with Crippen LogP contribution in [0.1, 0.15) is 23.2 Å². The molecule has 0 radical (unpaired) electrons. The summed E-state index contributed by atoms with van der Waals surface area (Å²) in [5.74, 6) is -3.41. The largest absolute Gasteiger partial charge is 0.573 e. The zero-order chi connectivity index (χ0) is 26.3. The summed E-state index contributed by atoms with van der Waals surface area (Å²) in [6, 6.07) is 7.06. The molecule has 0 saturated carbocycles. The molecule has 0 unspecified atom stereocenters. The molecule has 34 heavy (non-hydrogen) atoms. The first-order chi connectivity index (χ1) is 15.5. The van der Waals surface area contributed by atoms with Crippen LogP contribution in [-0.4, -0.2) is 53.9 Å². The van der Waals surface area contributed by atoms with Gasteiger partial charge in [0.1, 0.15) is 23.6 Å². The van der Waals surface area contributed by atoms with E-state index in [2.05, 4.69) is 9.47 Å². The monoisotopic (exact) mass is 498 g/mol. The van der Waals surface area contributed by atoms with Crippen LogP contribution >= 0.6 is 0 Å². The fraction of sp³-hybridized carbons (Fsp3) is 0.300. The Morgan fingerprint density at radius 2 is 1.24 bits per heavy atom. The van der Waals surface area contributed by atoms with Gasteiger partial charge < -0.3 is 25.4 Å². The van der Waals surface area contributed by atoms with Crippen molar-refractivity contribution in [1.82, 2.24) is 4.90 Å². The Balaban J connectivity index is 0.000000342. The van der Waals surface area contributed by atoms with Crippen molar-refractivity contribution in [2.75, 3.05) is 14.1 Å². The number of carbonyl (C=O) groups is 2. The van der Waals surface area contributed by atoms with Gasteiger partial charge in [-0.1, -0.05) is 24.3 Å². The molecule has 0 aromatic heterocycles. The first-order valence-electron chi connectivity index (χ1n) is 9.09. The van der Waals surface area contributed by atoms with Gasteiger partial charge in [0.2, 0.25) is 0 Å². The highest BCUT2D eigenvalue weighted by Crippen LogP contribution is 2.27. The molecule has 2 aromatic carbocycles. The van der Waals surface area contributed by atoms with Crippen molar-refractivity contribution >= 4 is 11.9 Å². The molecule has 0 spiro atoms. The number of hydrogen-bond donors (Lipinski definition) is 3. The summed E-state index contributed by atoms with van der Waals surface area (Å²) in [5.41, 5.74) is 5.49. The number of benzene rings is 2. The van der Waals surface area contributed by atoms with Crippen LogP contribution in [0.2, 0.25) is 0 Å². The number of rotatable bonds is 7. The maximum absolute atomic E-state index is 12.0. The molecule has 0 saturated heterocycles. The van der Waals surface area contributed by atoms with Crippen molar-refractivity contribution in [3.05, 3.63) is 59.7 Å². The summed E-state index contributed by atoms with van der Waals surface area (Å²) < 4.78 is 79.1. The van der Waals surface area contributed by atoms with Gasteiger partial charge in [0.15, 0.2) is 0 Å². The molecule has 2 atom stereocenters. The number of aliphatic carboxylic acids is 2. The van der Waals surface area contributed by atoms with E-state index in [4.69, 9.17) is 15.9 Å². The van der Waals surface area contributed by atoms with E-state index in [1.165, 1.54) is 43.3 Å². The van der Waals surface area contributed by atoms with E-state index in [0.29, 0.717) is 0 Å². The Labute approximate surface area is 189 Å². The number of alkyl halides is 6. The van der Waals surface area contributed by atoms with Gasteiger partial charge in [-0.25, -0.2) is 0 Å². The molecule has 4 N–H and O–H groups in total. The highest BCUT2D eigenvalue weighted by molar-refractivity contribution is 5.76. The van der Waals surface area contributed by atoms with Gasteiger partial charge in [-0.05, 0) is 49.5 Å². The smallest absolute Gasteiger partial charge is 0.480 e. The van der Waals surface area contributed by atoms with Crippen molar-refractivity contribution in [2.45, 2.75) is 24.8 Å². The molecule has 0 aliphatic rings. The lowest BCUT2D eigenvalue weighted by molar-refractivity contribution is -0.275. The standard InChI is InChI=1S/C11H12F3NO3.C9H8F3NO3/c1-15(2)9(10(16)17)7-4-3-5-8(6-7)18-11(12,13)14;10-9(11,12)16-6-3-1-2-5(4-6)7(13)8(14)15/h3-6,9H,1-2H3,(H,16,17);1-4,7H,13H2,(H,14,15)/t9-;7-/m00/s1. The number of carboxylic acids is 2. The molecule has 14 heteroatoms. The number of nitrogens with zero attached hydrogens (tertiary/aromatic N) is 1. The van der Waals surface area contributed by atoms with Crippen molar-refractivity contribution < 1.29 is 55.6 Å². The Hall–Kier alpha value is -3.52. The fourth-order valence-corrected chi connectivity index (χ4v) is 2.59. The first kappa shape index (κ1) is 28.5. The number of ether oxygens (including phenoxy) is 2. The van der Waals surface area contributed by atoms with Crippen LogP contribution in [0.25, 0.3) is 0 Å². The number of hydrogen-bond acceptors (Lipinski definition) is 6. The summed E-state index contributed by atoms with van der Waals surface area (Å²) in [5, 5.41) is 17.6. The molecule has 0 aliphatic heterocycles. The molecular weight excluding hydrogens is 478 g/mol. The van der Waals surface area contributed by atoms with Gasteiger partial charge in [-0.2, -0.15) is 0 Å². The molecule has 0 bridgehead atoms. The van der Waals surface area contributed by atoms with Crippen molar-refractivity contribution in [3.63, 3.8) is 0 Å². The average molecular weight is 498 g/mol. The third-order valence-corrected chi connectivity index (χ3v) is 3.87. The van der Waals surface area contributed by atoms with Crippen molar-refractivity contribution in [2.24, 2.45) is 5.73 Å². The first-order valence-corrected chi connectivity index (χ1v) is 9.09. The molecule has 188 valence electrons. The van der Waals surface area contributed by atoms with Crippen LogP contribution in [0.3, 0.4) is 0 Å². The van der Waals surface area contributed by atoms with Crippen molar-refractivity contribution in [3.8, 4) is 11.5 Å². The van der Waals surface area contributed by atoms with E-state index < -0.39 is 48.2 Å². The Kier molecular flexibility index (Phi) is 9.69. The van der Waals surface area contributed by atoms with Crippen LogP contribution < -0.4 is 15.2 Å². The van der Waals surface area contributed by atoms with E-state index in [0.717, 1.165) is 24.3 Å². The highest BCUT2D eigenvalue weighted by Gasteiger charge is 2.32. The van der Waals surface area contributed by atoms with Crippen LogP contribution in [-0.2, 0) is 9.59 Å². The summed E-state index contributed by atoms with van der Waals surface area (Å²) in [6.07, 6.45) is -9.61. The second kappa shape index (κ2) is 11.6. The average Bonchev–Trinajstić information content (AvgIpc) is 2.65. The van der Waals surface area contributed by atoms with Gasteiger partial charge >= 0.3 is 24.7 Å². The quantitative estimate of drug-likeness (QED) is 0.491. The maximum atomic E-state index is 12.0. The molecule has 2 aromatic rings. The zero-order valence-corrected chi connectivity index (χ0v) is 17.6. The molecule has 8 nitrogen and oxygen atoms in total. The topological polar surface area (TPSA) is 122 Å². The minimum absolute atomic E-state index is 0.0363. The summed E-state index contributed by atoms with van der Waals surface area (Å²) in [6.45, 7) is 0. The molecule has 0 amide bonds. The molecule has 0 fully saturated rings. The normalized spacial score (nSPS) is 13.4.